The third kappa shape index (κ3) is 2.77. The highest BCUT2D eigenvalue weighted by atomic mass is 32.2. The molecule has 2 heterocycles. The highest BCUT2D eigenvalue weighted by Gasteiger charge is 2.24. The van der Waals surface area contributed by atoms with Crippen molar-refractivity contribution in [1.82, 2.24) is 10.1 Å². The molecule has 0 bridgehead atoms. The summed E-state index contributed by atoms with van der Waals surface area (Å²) in [5.41, 5.74) is 5.49. The minimum absolute atomic E-state index is 0.330. The molecule has 1 saturated heterocycles. The number of aromatic nitrogens is 2. The number of hydrogen-bond acceptors (Lipinski definition) is 5. The third-order valence-electron chi connectivity index (χ3n) is 2.94. The van der Waals surface area contributed by atoms with Crippen molar-refractivity contribution in [3.05, 3.63) is 11.7 Å². The van der Waals surface area contributed by atoms with Crippen molar-refractivity contribution in [3.63, 3.8) is 0 Å². The van der Waals surface area contributed by atoms with Gasteiger partial charge in [0, 0.05) is 5.92 Å². The van der Waals surface area contributed by atoms with E-state index in [4.69, 9.17) is 10.3 Å². The lowest BCUT2D eigenvalue weighted by atomic mass is 10.1. The Bertz CT molecular complexity index is 323. The second kappa shape index (κ2) is 5.68. The summed E-state index contributed by atoms with van der Waals surface area (Å²) in [6, 6.07) is 0. The van der Waals surface area contributed by atoms with Crippen LogP contribution in [-0.4, -0.2) is 22.4 Å². The van der Waals surface area contributed by atoms with Crippen molar-refractivity contribution < 1.29 is 4.52 Å². The molecule has 0 spiro atoms. The molecule has 5 heteroatoms. The quantitative estimate of drug-likeness (QED) is 0.858. The molecule has 2 atom stereocenters. The van der Waals surface area contributed by atoms with E-state index in [0.29, 0.717) is 11.2 Å². The minimum atomic E-state index is 0.330. The van der Waals surface area contributed by atoms with Gasteiger partial charge in [-0.3, -0.25) is 0 Å². The summed E-state index contributed by atoms with van der Waals surface area (Å²) < 4.78 is 5.32. The van der Waals surface area contributed by atoms with Crippen LogP contribution in [0.2, 0.25) is 0 Å². The second-order valence-corrected chi connectivity index (χ2v) is 5.64. The van der Waals surface area contributed by atoms with Crippen molar-refractivity contribution >= 4 is 11.8 Å². The molecule has 0 amide bonds. The summed E-state index contributed by atoms with van der Waals surface area (Å²) in [6.07, 6.45) is 4.48. The molecule has 0 aliphatic carbocycles. The molecule has 2 rings (SSSR count). The minimum Gasteiger partial charge on any atom is -0.339 e. The predicted molar refractivity (Wildman–Crippen MR) is 65.4 cm³/mol. The summed E-state index contributed by atoms with van der Waals surface area (Å²) in [5, 5.41) is 4.55. The first-order chi connectivity index (χ1) is 7.81. The van der Waals surface area contributed by atoms with Crippen LogP contribution in [0.1, 0.15) is 55.5 Å². The fourth-order valence-corrected chi connectivity index (χ4v) is 3.10. The molecule has 1 aliphatic rings. The lowest BCUT2D eigenvalue weighted by Crippen LogP contribution is -2.02. The van der Waals surface area contributed by atoms with Gasteiger partial charge in [-0.05, 0) is 38.0 Å². The highest BCUT2D eigenvalue weighted by Crippen LogP contribution is 2.38. The summed E-state index contributed by atoms with van der Waals surface area (Å²) in [7, 11) is 0. The fraction of sp³-hybridized carbons (Fsp3) is 0.818. The van der Waals surface area contributed by atoms with Crippen LogP contribution < -0.4 is 5.73 Å². The van der Waals surface area contributed by atoms with Crippen molar-refractivity contribution in [2.75, 3.05) is 12.3 Å². The number of hydrogen-bond donors (Lipinski definition) is 1. The average Bonchev–Trinajstić information content (AvgIpc) is 2.94. The van der Waals surface area contributed by atoms with Crippen LogP contribution in [0, 0.1) is 0 Å². The molecule has 1 aromatic heterocycles. The summed E-state index contributed by atoms with van der Waals surface area (Å²) in [5.74, 6) is 3.21. The normalized spacial score (nSPS) is 22.5. The van der Waals surface area contributed by atoms with E-state index in [0.717, 1.165) is 31.1 Å². The molecule has 0 radical (unpaired) electrons. The van der Waals surface area contributed by atoms with Gasteiger partial charge in [0.05, 0.1) is 5.25 Å². The maximum absolute atomic E-state index is 5.49. The van der Waals surface area contributed by atoms with E-state index >= 15 is 0 Å². The molecule has 90 valence electrons. The molecule has 16 heavy (non-hydrogen) atoms. The monoisotopic (exact) mass is 241 g/mol. The number of nitrogens with two attached hydrogens (primary N) is 1. The van der Waals surface area contributed by atoms with Gasteiger partial charge in [-0.1, -0.05) is 12.1 Å². The first kappa shape index (κ1) is 11.9. The second-order valence-electron chi connectivity index (χ2n) is 4.32. The molecule has 1 aromatic rings. The lowest BCUT2D eigenvalue weighted by Gasteiger charge is -2.04. The van der Waals surface area contributed by atoms with E-state index in [1.54, 1.807) is 0 Å². The SMILES string of the molecule is CC(CCCN)c1nc(C2CCCS2)no1. The van der Waals surface area contributed by atoms with Gasteiger partial charge in [-0.2, -0.15) is 16.7 Å². The van der Waals surface area contributed by atoms with Crippen LogP contribution in [0.3, 0.4) is 0 Å². The van der Waals surface area contributed by atoms with Crippen LogP contribution >= 0.6 is 11.8 Å². The van der Waals surface area contributed by atoms with E-state index in [1.165, 1.54) is 18.6 Å². The smallest absolute Gasteiger partial charge is 0.229 e. The summed E-state index contributed by atoms with van der Waals surface area (Å²) in [6.45, 7) is 2.85. The standard InChI is InChI=1S/C11H19N3OS/c1-8(4-2-6-12)11-13-10(14-15-11)9-5-3-7-16-9/h8-9H,2-7,12H2,1H3. The molecular weight excluding hydrogens is 222 g/mol. The first-order valence-electron chi connectivity index (χ1n) is 5.96. The molecule has 2 N–H and O–H groups in total. The Hall–Kier alpha value is -0.550. The Morgan fingerprint density at radius 3 is 3.19 bits per heavy atom. The van der Waals surface area contributed by atoms with Gasteiger partial charge in [0.25, 0.3) is 0 Å². The largest absolute Gasteiger partial charge is 0.339 e. The Morgan fingerprint density at radius 1 is 1.62 bits per heavy atom. The van der Waals surface area contributed by atoms with Crippen molar-refractivity contribution in [2.24, 2.45) is 5.73 Å². The molecule has 1 aliphatic heterocycles. The van der Waals surface area contributed by atoms with E-state index < -0.39 is 0 Å². The Morgan fingerprint density at radius 2 is 2.50 bits per heavy atom. The predicted octanol–water partition coefficient (Wildman–Crippen LogP) is 2.48. The van der Waals surface area contributed by atoms with Gasteiger partial charge in [-0.15, -0.1) is 0 Å². The van der Waals surface area contributed by atoms with Gasteiger partial charge >= 0.3 is 0 Å². The summed E-state index contributed by atoms with van der Waals surface area (Å²) in [4.78, 5) is 4.51. The first-order valence-corrected chi connectivity index (χ1v) is 7.01. The number of rotatable bonds is 5. The Balaban J connectivity index is 1.95. The zero-order valence-electron chi connectivity index (χ0n) is 9.69. The Kier molecular flexibility index (Phi) is 4.23. The zero-order chi connectivity index (χ0) is 11.4. The van der Waals surface area contributed by atoms with Gasteiger partial charge in [0.1, 0.15) is 0 Å². The van der Waals surface area contributed by atoms with E-state index in [9.17, 15) is 0 Å². The fourth-order valence-electron chi connectivity index (χ4n) is 1.91. The van der Waals surface area contributed by atoms with Crippen LogP contribution in [-0.2, 0) is 0 Å². The van der Waals surface area contributed by atoms with Gasteiger partial charge in [0.2, 0.25) is 5.89 Å². The van der Waals surface area contributed by atoms with Gasteiger partial charge < -0.3 is 10.3 Å². The Labute approximate surface area is 100 Å². The van der Waals surface area contributed by atoms with Crippen LogP contribution in [0.15, 0.2) is 4.52 Å². The topological polar surface area (TPSA) is 64.9 Å². The van der Waals surface area contributed by atoms with Gasteiger partial charge in [0.15, 0.2) is 5.82 Å². The number of thioether (sulfide) groups is 1. The van der Waals surface area contributed by atoms with E-state index in [-0.39, 0.29) is 0 Å². The van der Waals surface area contributed by atoms with Crippen LogP contribution in [0.5, 0.6) is 0 Å². The van der Waals surface area contributed by atoms with Crippen molar-refractivity contribution in [1.29, 1.82) is 0 Å². The van der Waals surface area contributed by atoms with Crippen molar-refractivity contribution in [2.45, 2.75) is 43.8 Å². The summed E-state index contributed by atoms with van der Waals surface area (Å²) >= 11 is 1.93. The maximum Gasteiger partial charge on any atom is 0.229 e. The highest BCUT2D eigenvalue weighted by molar-refractivity contribution is 7.99. The van der Waals surface area contributed by atoms with E-state index in [1.807, 2.05) is 11.8 Å². The molecular formula is C11H19N3OS. The third-order valence-corrected chi connectivity index (χ3v) is 4.31. The van der Waals surface area contributed by atoms with E-state index in [2.05, 4.69) is 17.1 Å². The lowest BCUT2D eigenvalue weighted by molar-refractivity contribution is 0.348. The molecule has 4 nitrogen and oxygen atoms in total. The molecule has 0 aromatic carbocycles. The average molecular weight is 241 g/mol. The molecule has 1 fully saturated rings. The zero-order valence-corrected chi connectivity index (χ0v) is 10.5. The molecule has 0 saturated carbocycles. The van der Waals surface area contributed by atoms with Crippen LogP contribution in [0.4, 0.5) is 0 Å². The number of nitrogens with zero attached hydrogens (tertiary/aromatic N) is 2. The maximum atomic E-state index is 5.49. The molecule has 2 unspecified atom stereocenters. The van der Waals surface area contributed by atoms with Gasteiger partial charge in [-0.25, -0.2) is 0 Å². The van der Waals surface area contributed by atoms with Crippen LogP contribution in [0.25, 0.3) is 0 Å². The van der Waals surface area contributed by atoms with Crippen molar-refractivity contribution in [3.8, 4) is 0 Å².